The van der Waals surface area contributed by atoms with Gasteiger partial charge in [0.05, 0.1) is 11.0 Å². The maximum atomic E-state index is 6.90. The molecular weight excluding hydrogens is 701 g/mol. The van der Waals surface area contributed by atoms with E-state index in [0.29, 0.717) is 17.6 Å². The second kappa shape index (κ2) is 12.3. The number of fused-ring (bicyclic) bond motifs is 9. The summed E-state index contributed by atoms with van der Waals surface area (Å²) in [7, 11) is 0. The molecule has 0 saturated carbocycles. The molecule has 0 fully saturated rings. The van der Waals surface area contributed by atoms with Crippen LogP contribution in [-0.2, 0) is 0 Å². The van der Waals surface area contributed by atoms with Crippen molar-refractivity contribution in [2.75, 3.05) is 0 Å². The number of benzene rings is 8. The van der Waals surface area contributed by atoms with E-state index < -0.39 is 0 Å². The minimum atomic E-state index is 0.572. The van der Waals surface area contributed by atoms with Gasteiger partial charge in [-0.2, -0.15) is 9.97 Å². The van der Waals surface area contributed by atoms with Crippen molar-refractivity contribution >= 4 is 65.7 Å². The lowest BCUT2D eigenvalue weighted by molar-refractivity contribution is 0.669. The van der Waals surface area contributed by atoms with Crippen LogP contribution in [0.3, 0.4) is 0 Å². The standard InChI is InChI=1S/C51H30N4O2/c1-2-13-32(14-3-1)49-52-50(54-51(53-49)55-42-23-7-4-15-35(42)36-16-5-8-24-43(36)55)33-29-27-31(28-30-33)34-18-10-21-39-40-22-11-20-38(48(40)57-47(34)39)37-19-12-26-45-46(37)41-17-6-9-25-44(41)56-45/h1-30H. The van der Waals surface area contributed by atoms with Crippen LogP contribution in [-0.4, -0.2) is 19.5 Å². The molecule has 4 heterocycles. The lowest BCUT2D eigenvalue weighted by Gasteiger charge is -2.11. The third kappa shape index (κ3) is 4.87. The average molecular weight is 731 g/mol. The van der Waals surface area contributed by atoms with Gasteiger partial charge in [-0.25, -0.2) is 4.98 Å². The average Bonchev–Trinajstić information content (AvgIpc) is 3.96. The molecule has 12 rings (SSSR count). The maximum absolute atomic E-state index is 6.90. The van der Waals surface area contributed by atoms with Crippen molar-refractivity contribution < 1.29 is 8.83 Å². The van der Waals surface area contributed by atoms with Crippen molar-refractivity contribution in [1.29, 1.82) is 0 Å². The Morgan fingerprint density at radius 3 is 1.56 bits per heavy atom. The zero-order valence-electron chi connectivity index (χ0n) is 30.4. The Morgan fingerprint density at radius 1 is 0.333 bits per heavy atom. The minimum Gasteiger partial charge on any atom is -0.456 e. The molecule has 0 atom stereocenters. The lowest BCUT2D eigenvalue weighted by Crippen LogP contribution is -2.06. The van der Waals surface area contributed by atoms with Crippen LogP contribution in [0.5, 0.6) is 0 Å². The first kappa shape index (κ1) is 31.5. The van der Waals surface area contributed by atoms with E-state index in [1.54, 1.807) is 0 Å². The number of rotatable bonds is 5. The van der Waals surface area contributed by atoms with E-state index in [1.807, 2.05) is 48.5 Å². The fraction of sp³-hybridized carbons (Fsp3) is 0. The molecule has 0 saturated heterocycles. The van der Waals surface area contributed by atoms with E-state index in [4.69, 9.17) is 23.8 Å². The lowest BCUT2D eigenvalue weighted by atomic mass is 9.97. The van der Waals surface area contributed by atoms with Gasteiger partial charge in [-0.1, -0.05) is 158 Å². The molecule has 0 aliphatic heterocycles. The third-order valence-corrected chi connectivity index (χ3v) is 11.1. The third-order valence-electron chi connectivity index (χ3n) is 11.1. The van der Waals surface area contributed by atoms with Crippen LogP contribution in [0.15, 0.2) is 191 Å². The summed E-state index contributed by atoms with van der Waals surface area (Å²) in [6.07, 6.45) is 0. The second-order valence-electron chi connectivity index (χ2n) is 14.3. The van der Waals surface area contributed by atoms with Crippen LogP contribution in [0.25, 0.3) is 117 Å². The maximum Gasteiger partial charge on any atom is 0.238 e. The Balaban J connectivity index is 0.995. The molecule has 57 heavy (non-hydrogen) atoms. The van der Waals surface area contributed by atoms with Crippen LogP contribution in [0.2, 0.25) is 0 Å². The van der Waals surface area contributed by atoms with Gasteiger partial charge in [0, 0.05) is 54.6 Å². The summed E-state index contributed by atoms with van der Waals surface area (Å²) in [5.74, 6) is 1.78. The van der Waals surface area contributed by atoms with Gasteiger partial charge in [-0.15, -0.1) is 0 Å². The van der Waals surface area contributed by atoms with Crippen molar-refractivity contribution in [2.24, 2.45) is 0 Å². The summed E-state index contributed by atoms with van der Waals surface area (Å²) < 4.78 is 15.3. The fourth-order valence-corrected chi connectivity index (χ4v) is 8.51. The number of furan rings is 2. The number of hydrogen-bond donors (Lipinski definition) is 0. The fourth-order valence-electron chi connectivity index (χ4n) is 8.51. The number of aromatic nitrogens is 4. The molecule has 6 nitrogen and oxygen atoms in total. The molecule has 0 aliphatic rings. The zero-order chi connectivity index (χ0) is 37.5. The van der Waals surface area contributed by atoms with Crippen LogP contribution >= 0.6 is 0 Å². The molecule has 12 aromatic rings. The van der Waals surface area contributed by atoms with Gasteiger partial charge in [0.1, 0.15) is 22.3 Å². The summed E-state index contributed by atoms with van der Waals surface area (Å²) >= 11 is 0. The summed E-state index contributed by atoms with van der Waals surface area (Å²) in [5, 5.41) is 6.62. The zero-order valence-corrected chi connectivity index (χ0v) is 30.4. The SMILES string of the molecule is c1ccc(-c2nc(-c3ccc(-c4cccc5c4oc4c(-c6cccc7oc8ccccc8c67)cccc45)cc3)nc(-n3c4ccccc4c4ccccc43)n2)cc1. The normalized spacial score (nSPS) is 11.9. The topological polar surface area (TPSA) is 69.9 Å². The first-order chi connectivity index (χ1) is 28.3. The molecule has 8 aromatic carbocycles. The molecular formula is C51H30N4O2. The van der Waals surface area contributed by atoms with Crippen LogP contribution in [0.4, 0.5) is 0 Å². The van der Waals surface area contributed by atoms with Crippen molar-refractivity contribution in [3.63, 3.8) is 0 Å². The summed E-state index contributed by atoms with van der Waals surface area (Å²) in [6.45, 7) is 0. The Hall–Kier alpha value is -7.83. The van der Waals surface area contributed by atoms with E-state index in [2.05, 4.69) is 138 Å². The molecule has 0 aliphatic carbocycles. The van der Waals surface area contributed by atoms with E-state index in [1.165, 1.54) is 0 Å². The van der Waals surface area contributed by atoms with Gasteiger partial charge in [0.2, 0.25) is 5.95 Å². The molecule has 4 aromatic heterocycles. The van der Waals surface area contributed by atoms with Crippen LogP contribution in [0.1, 0.15) is 0 Å². The Bertz CT molecular complexity index is 3470. The largest absolute Gasteiger partial charge is 0.456 e. The highest BCUT2D eigenvalue weighted by molar-refractivity contribution is 6.18. The smallest absolute Gasteiger partial charge is 0.238 e. The number of para-hydroxylation sites is 5. The Morgan fingerprint density at radius 2 is 0.842 bits per heavy atom. The Labute approximate surface area is 325 Å². The second-order valence-corrected chi connectivity index (χ2v) is 14.3. The van der Waals surface area contributed by atoms with Gasteiger partial charge in [0.25, 0.3) is 0 Å². The number of nitrogens with zero attached hydrogens (tertiary/aromatic N) is 4. The van der Waals surface area contributed by atoms with Crippen molar-refractivity contribution in [2.45, 2.75) is 0 Å². The minimum absolute atomic E-state index is 0.572. The Kier molecular flexibility index (Phi) is 6.83. The highest BCUT2D eigenvalue weighted by Gasteiger charge is 2.20. The van der Waals surface area contributed by atoms with Crippen molar-refractivity contribution in [3.05, 3.63) is 182 Å². The van der Waals surface area contributed by atoms with Crippen molar-refractivity contribution in [3.8, 4) is 51.0 Å². The monoisotopic (exact) mass is 730 g/mol. The van der Waals surface area contributed by atoms with Gasteiger partial charge < -0.3 is 8.83 Å². The highest BCUT2D eigenvalue weighted by Crippen LogP contribution is 2.43. The highest BCUT2D eigenvalue weighted by atomic mass is 16.3. The van der Waals surface area contributed by atoms with Gasteiger partial charge in [0.15, 0.2) is 11.6 Å². The van der Waals surface area contributed by atoms with Gasteiger partial charge >= 0.3 is 0 Å². The van der Waals surface area contributed by atoms with Gasteiger partial charge in [-0.05, 0) is 35.4 Å². The predicted molar refractivity (Wildman–Crippen MR) is 230 cm³/mol. The molecule has 266 valence electrons. The van der Waals surface area contributed by atoms with Crippen molar-refractivity contribution in [1.82, 2.24) is 19.5 Å². The summed E-state index contributed by atoms with van der Waals surface area (Å²) in [6, 6.07) is 62.5. The van der Waals surface area contributed by atoms with E-state index >= 15 is 0 Å². The van der Waals surface area contributed by atoms with Gasteiger partial charge in [-0.3, -0.25) is 4.57 Å². The first-order valence-electron chi connectivity index (χ1n) is 19.0. The molecule has 0 N–H and O–H groups in total. The predicted octanol–water partition coefficient (Wildman–Crippen LogP) is 13.4. The summed E-state index contributed by atoms with van der Waals surface area (Å²) in [5.41, 5.74) is 11.5. The summed E-state index contributed by atoms with van der Waals surface area (Å²) in [4.78, 5) is 15.3. The molecule has 0 unspecified atom stereocenters. The molecule has 6 heteroatoms. The van der Waals surface area contributed by atoms with E-state index in [0.717, 1.165) is 99.1 Å². The first-order valence-corrected chi connectivity index (χ1v) is 19.0. The molecule has 0 radical (unpaired) electrons. The van der Waals surface area contributed by atoms with E-state index in [9.17, 15) is 0 Å². The molecule has 0 amide bonds. The molecule has 0 bridgehead atoms. The van der Waals surface area contributed by atoms with Crippen LogP contribution < -0.4 is 0 Å². The van der Waals surface area contributed by atoms with Crippen LogP contribution in [0, 0.1) is 0 Å². The quantitative estimate of drug-likeness (QED) is 0.176. The number of hydrogen-bond acceptors (Lipinski definition) is 5. The van der Waals surface area contributed by atoms with E-state index in [-0.39, 0.29) is 0 Å². The molecule has 0 spiro atoms.